The molecule has 0 heterocycles. The van der Waals surface area contributed by atoms with Crippen LogP contribution >= 0.6 is 0 Å². The number of nitro benzene ring substituents is 1. The molecule has 0 bridgehead atoms. The summed E-state index contributed by atoms with van der Waals surface area (Å²) < 4.78 is 26.1. The van der Waals surface area contributed by atoms with Crippen molar-refractivity contribution in [3.8, 4) is 6.07 Å². The molecule has 0 amide bonds. The van der Waals surface area contributed by atoms with Gasteiger partial charge in [0.25, 0.3) is 15.7 Å². The van der Waals surface area contributed by atoms with Gasteiger partial charge in [-0.25, -0.2) is 8.42 Å². The fourth-order valence-electron chi connectivity index (χ4n) is 1.88. The van der Waals surface area contributed by atoms with Crippen molar-refractivity contribution in [3.63, 3.8) is 0 Å². The quantitative estimate of drug-likeness (QED) is 0.454. The molecular weight excluding hydrogens is 294 g/mol. The lowest BCUT2D eigenvalue weighted by Crippen LogP contribution is -2.32. The first-order chi connectivity index (χ1) is 9.75. The summed E-state index contributed by atoms with van der Waals surface area (Å²) in [6.07, 6.45) is 0.513. The van der Waals surface area contributed by atoms with Gasteiger partial charge in [-0.3, -0.25) is 10.1 Å². The van der Waals surface area contributed by atoms with E-state index in [0.717, 1.165) is 4.31 Å². The largest absolute Gasteiger partial charge is 0.289 e. The number of benzene rings is 1. The number of nitro groups is 1. The monoisotopic (exact) mass is 311 g/mol. The molecule has 1 aromatic rings. The molecule has 0 radical (unpaired) electrons. The molecule has 1 aromatic carbocycles. The molecule has 0 spiro atoms. The molecule has 7 nitrogen and oxygen atoms in total. The van der Waals surface area contributed by atoms with Crippen LogP contribution in [0.15, 0.2) is 17.0 Å². The number of aryl methyl sites for hydroxylation is 2. The van der Waals surface area contributed by atoms with Gasteiger partial charge < -0.3 is 0 Å². The molecule has 0 aliphatic carbocycles. The van der Waals surface area contributed by atoms with E-state index in [9.17, 15) is 18.5 Å². The molecule has 0 aliphatic rings. The first-order valence-corrected chi connectivity index (χ1v) is 7.82. The van der Waals surface area contributed by atoms with Gasteiger partial charge in [-0.15, -0.1) is 0 Å². The highest BCUT2D eigenvalue weighted by molar-refractivity contribution is 7.89. The molecular formula is C13H17N3O4S. The smallest absolute Gasteiger partial charge is 0.258 e. The summed E-state index contributed by atoms with van der Waals surface area (Å²) in [6, 6.07) is 4.32. The average molecular weight is 311 g/mol. The number of rotatable bonds is 6. The molecule has 0 aromatic heterocycles. The summed E-state index contributed by atoms with van der Waals surface area (Å²) in [6.45, 7) is 4.94. The minimum absolute atomic E-state index is 0.139. The normalized spacial score (nSPS) is 11.4. The molecule has 0 saturated heterocycles. The molecule has 0 aliphatic heterocycles. The number of hydrogen-bond acceptors (Lipinski definition) is 5. The Morgan fingerprint density at radius 1 is 1.33 bits per heavy atom. The van der Waals surface area contributed by atoms with Crippen LogP contribution < -0.4 is 0 Å². The maximum atomic E-state index is 12.6. The van der Waals surface area contributed by atoms with Crippen LogP contribution in [0.3, 0.4) is 0 Å². The Bertz CT molecular complexity index is 692. The van der Waals surface area contributed by atoms with E-state index < -0.39 is 20.6 Å². The molecule has 1 rings (SSSR count). The Morgan fingerprint density at radius 2 is 1.90 bits per heavy atom. The lowest BCUT2D eigenvalue weighted by Gasteiger charge is -2.19. The second-order valence-corrected chi connectivity index (χ2v) is 6.56. The summed E-state index contributed by atoms with van der Waals surface area (Å²) >= 11 is 0. The van der Waals surface area contributed by atoms with E-state index in [0.29, 0.717) is 17.5 Å². The summed E-state index contributed by atoms with van der Waals surface area (Å²) in [7, 11) is -4.07. The molecule has 21 heavy (non-hydrogen) atoms. The molecule has 0 unspecified atom stereocenters. The summed E-state index contributed by atoms with van der Waals surface area (Å²) in [4.78, 5) is 10.1. The highest BCUT2D eigenvalue weighted by atomic mass is 32.2. The van der Waals surface area contributed by atoms with Gasteiger partial charge in [0.1, 0.15) is 6.54 Å². The SMILES string of the molecule is CCCN(CC#N)S(=O)(=O)c1cc(C)c(C)cc1[N+](=O)[O-]. The van der Waals surface area contributed by atoms with Crippen molar-refractivity contribution >= 4 is 15.7 Å². The Balaban J connectivity index is 3.53. The number of sulfonamides is 1. The van der Waals surface area contributed by atoms with Crippen LogP contribution in [0.1, 0.15) is 24.5 Å². The highest BCUT2D eigenvalue weighted by Crippen LogP contribution is 2.29. The second kappa shape index (κ2) is 6.65. The fourth-order valence-corrected chi connectivity index (χ4v) is 3.53. The summed E-state index contributed by atoms with van der Waals surface area (Å²) in [5.41, 5.74) is 0.827. The molecule has 0 saturated carbocycles. The Kier molecular flexibility index (Phi) is 5.41. The van der Waals surface area contributed by atoms with Crippen molar-refractivity contribution in [1.82, 2.24) is 4.31 Å². The average Bonchev–Trinajstić information content (AvgIpc) is 2.40. The third-order valence-corrected chi connectivity index (χ3v) is 4.98. The van der Waals surface area contributed by atoms with Crippen LogP contribution in [-0.2, 0) is 10.0 Å². The molecule has 0 atom stereocenters. The van der Waals surface area contributed by atoms with Crippen molar-refractivity contribution in [3.05, 3.63) is 33.4 Å². The minimum Gasteiger partial charge on any atom is -0.258 e. The number of nitriles is 1. The van der Waals surface area contributed by atoms with Crippen molar-refractivity contribution < 1.29 is 13.3 Å². The van der Waals surface area contributed by atoms with Gasteiger partial charge in [-0.05, 0) is 37.5 Å². The van der Waals surface area contributed by atoms with Gasteiger partial charge in [0.05, 0.1) is 11.0 Å². The minimum atomic E-state index is -4.07. The zero-order valence-corrected chi connectivity index (χ0v) is 13.0. The van der Waals surface area contributed by atoms with Gasteiger partial charge in [-0.2, -0.15) is 9.57 Å². The predicted octanol–water partition coefficient (Wildman–Crippen LogP) is 2.14. The molecule has 8 heteroatoms. The number of hydrogen-bond donors (Lipinski definition) is 0. The van der Waals surface area contributed by atoms with Gasteiger partial charge in [0.15, 0.2) is 4.90 Å². The number of nitrogens with zero attached hydrogens (tertiary/aromatic N) is 3. The van der Waals surface area contributed by atoms with Crippen molar-refractivity contribution in [2.45, 2.75) is 32.1 Å². The van der Waals surface area contributed by atoms with E-state index in [1.54, 1.807) is 26.8 Å². The maximum Gasteiger partial charge on any atom is 0.289 e. The Labute approximate surface area is 124 Å². The highest BCUT2D eigenvalue weighted by Gasteiger charge is 2.31. The van der Waals surface area contributed by atoms with Gasteiger partial charge in [0.2, 0.25) is 0 Å². The van der Waals surface area contributed by atoms with Gasteiger partial charge >= 0.3 is 0 Å². The summed E-state index contributed by atoms with van der Waals surface area (Å²) in [5.74, 6) is 0. The zero-order valence-electron chi connectivity index (χ0n) is 12.2. The van der Waals surface area contributed by atoms with Crippen LogP contribution in [0.25, 0.3) is 0 Å². The van der Waals surface area contributed by atoms with E-state index in [1.165, 1.54) is 12.1 Å². The lowest BCUT2D eigenvalue weighted by molar-refractivity contribution is -0.387. The fraction of sp³-hybridized carbons (Fsp3) is 0.462. The first kappa shape index (κ1) is 17.1. The molecule has 0 fully saturated rings. The van der Waals surface area contributed by atoms with E-state index in [1.807, 2.05) is 0 Å². The van der Waals surface area contributed by atoms with Gasteiger partial charge in [-0.1, -0.05) is 6.92 Å². The predicted molar refractivity (Wildman–Crippen MR) is 77.2 cm³/mol. The van der Waals surface area contributed by atoms with Crippen LogP contribution in [-0.4, -0.2) is 30.7 Å². The van der Waals surface area contributed by atoms with Crippen LogP contribution in [0, 0.1) is 35.3 Å². The van der Waals surface area contributed by atoms with Crippen molar-refractivity contribution in [2.75, 3.05) is 13.1 Å². The van der Waals surface area contributed by atoms with Crippen molar-refractivity contribution in [1.29, 1.82) is 5.26 Å². The Morgan fingerprint density at radius 3 is 2.38 bits per heavy atom. The second-order valence-electron chi connectivity index (χ2n) is 4.66. The topological polar surface area (TPSA) is 104 Å². The molecule has 114 valence electrons. The Hall–Kier alpha value is -1.98. The molecule has 0 N–H and O–H groups in total. The van der Waals surface area contributed by atoms with E-state index >= 15 is 0 Å². The van der Waals surface area contributed by atoms with Crippen LogP contribution in [0.4, 0.5) is 5.69 Å². The van der Waals surface area contributed by atoms with E-state index in [2.05, 4.69) is 0 Å². The third kappa shape index (κ3) is 3.56. The lowest BCUT2D eigenvalue weighted by atomic mass is 10.1. The van der Waals surface area contributed by atoms with E-state index in [-0.39, 0.29) is 18.0 Å². The standard InChI is InChI=1S/C13H17N3O4S/c1-4-6-15(7-5-14)21(19,20)13-9-11(3)10(2)8-12(13)16(17)18/h8-9H,4,6-7H2,1-3H3. The third-order valence-electron chi connectivity index (χ3n) is 3.11. The van der Waals surface area contributed by atoms with Gasteiger partial charge in [0, 0.05) is 12.6 Å². The zero-order chi connectivity index (χ0) is 16.2. The van der Waals surface area contributed by atoms with E-state index in [4.69, 9.17) is 5.26 Å². The van der Waals surface area contributed by atoms with Crippen LogP contribution in [0.5, 0.6) is 0 Å². The maximum absolute atomic E-state index is 12.6. The van der Waals surface area contributed by atoms with Crippen molar-refractivity contribution in [2.24, 2.45) is 0 Å². The first-order valence-electron chi connectivity index (χ1n) is 6.38. The summed E-state index contributed by atoms with van der Waals surface area (Å²) in [5, 5.41) is 19.9. The van der Waals surface area contributed by atoms with Crippen LogP contribution in [0.2, 0.25) is 0 Å².